The van der Waals surface area contributed by atoms with E-state index >= 15 is 0 Å². The van der Waals surface area contributed by atoms with Crippen molar-refractivity contribution in [2.45, 2.75) is 24.0 Å². The molecule has 0 spiro atoms. The normalized spacial score (nSPS) is 25.3. The lowest BCUT2D eigenvalue weighted by Gasteiger charge is -2.40. The SMILES string of the molecule is CSC1(CNCCN2CCOCC2)CCC1. The molecular weight excluding hydrogens is 220 g/mol. The molecule has 3 nitrogen and oxygen atoms in total. The molecule has 2 rings (SSSR count). The number of rotatable bonds is 6. The molecule has 0 aromatic rings. The number of hydrogen-bond donors (Lipinski definition) is 1. The second-order valence-corrected chi connectivity index (χ2v) is 6.15. The standard InChI is InChI=1S/C12H24N2OS/c1-16-12(3-2-4-12)11-13-5-6-14-7-9-15-10-8-14/h13H,2-11H2,1H3. The van der Waals surface area contributed by atoms with E-state index < -0.39 is 0 Å². The van der Waals surface area contributed by atoms with Crippen molar-refractivity contribution in [2.24, 2.45) is 0 Å². The Kier molecular flexibility index (Phi) is 4.95. The van der Waals surface area contributed by atoms with Gasteiger partial charge < -0.3 is 10.1 Å². The van der Waals surface area contributed by atoms with Gasteiger partial charge in [-0.15, -0.1) is 0 Å². The number of hydrogen-bond acceptors (Lipinski definition) is 4. The maximum atomic E-state index is 5.34. The molecule has 1 aliphatic carbocycles. The summed E-state index contributed by atoms with van der Waals surface area (Å²) in [4.78, 5) is 2.49. The topological polar surface area (TPSA) is 24.5 Å². The van der Waals surface area contributed by atoms with Crippen molar-refractivity contribution in [3.63, 3.8) is 0 Å². The zero-order valence-electron chi connectivity index (χ0n) is 10.3. The Morgan fingerprint density at radius 2 is 2.06 bits per heavy atom. The van der Waals surface area contributed by atoms with Gasteiger partial charge in [-0.1, -0.05) is 6.42 Å². The summed E-state index contributed by atoms with van der Waals surface area (Å²) in [5.74, 6) is 0. The molecule has 1 aliphatic heterocycles. The average Bonchev–Trinajstić information content (AvgIpc) is 2.29. The lowest BCUT2D eigenvalue weighted by molar-refractivity contribution is 0.0383. The van der Waals surface area contributed by atoms with Crippen LogP contribution in [0, 0.1) is 0 Å². The Morgan fingerprint density at radius 1 is 1.31 bits per heavy atom. The highest BCUT2D eigenvalue weighted by Crippen LogP contribution is 2.41. The fraction of sp³-hybridized carbons (Fsp3) is 1.00. The predicted octanol–water partition coefficient (Wildman–Crippen LogP) is 1.19. The molecule has 4 heteroatoms. The summed E-state index contributed by atoms with van der Waals surface area (Å²) in [6, 6.07) is 0. The molecule has 0 aromatic carbocycles. The highest BCUT2D eigenvalue weighted by Gasteiger charge is 2.35. The molecule has 0 unspecified atom stereocenters. The van der Waals surface area contributed by atoms with Crippen molar-refractivity contribution in [3.05, 3.63) is 0 Å². The largest absolute Gasteiger partial charge is 0.379 e. The maximum absolute atomic E-state index is 5.34. The smallest absolute Gasteiger partial charge is 0.0594 e. The van der Waals surface area contributed by atoms with Gasteiger partial charge in [0.15, 0.2) is 0 Å². The minimum absolute atomic E-state index is 0.574. The average molecular weight is 244 g/mol. The van der Waals surface area contributed by atoms with E-state index in [1.807, 2.05) is 11.8 Å². The molecule has 1 saturated carbocycles. The lowest BCUT2D eigenvalue weighted by Crippen LogP contribution is -2.46. The maximum Gasteiger partial charge on any atom is 0.0594 e. The monoisotopic (exact) mass is 244 g/mol. The molecule has 1 heterocycles. The van der Waals surface area contributed by atoms with Crippen molar-refractivity contribution in [1.82, 2.24) is 10.2 Å². The van der Waals surface area contributed by atoms with E-state index in [4.69, 9.17) is 4.74 Å². The van der Waals surface area contributed by atoms with Crippen molar-refractivity contribution < 1.29 is 4.74 Å². The van der Waals surface area contributed by atoms with Crippen LogP contribution in [0.25, 0.3) is 0 Å². The molecule has 1 N–H and O–H groups in total. The van der Waals surface area contributed by atoms with Crippen molar-refractivity contribution in [1.29, 1.82) is 0 Å². The van der Waals surface area contributed by atoms with Crippen molar-refractivity contribution >= 4 is 11.8 Å². The summed E-state index contributed by atoms with van der Waals surface area (Å²) in [5, 5.41) is 3.62. The van der Waals surface area contributed by atoms with Crippen LogP contribution in [0.2, 0.25) is 0 Å². The van der Waals surface area contributed by atoms with Gasteiger partial charge in [0.2, 0.25) is 0 Å². The molecular formula is C12H24N2OS. The van der Waals surface area contributed by atoms with Crippen molar-refractivity contribution in [3.8, 4) is 0 Å². The van der Waals surface area contributed by atoms with Crippen molar-refractivity contribution in [2.75, 3.05) is 52.2 Å². The minimum atomic E-state index is 0.574. The van der Waals surface area contributed by atoms with Gasteiger partial charge in [-0.05, 0) is 19.1 Å². The summed E-state index contributed by atoms with van der Waals surface area (Å²) in [6.45, 7) is 7.53. The molecule has 0 bridgehead atoms. The Labute approximate surface area is 103 Å². The zero-order chi connectivity index (χ0) is 11.3. The number of thioether (sulfide) groups is 1. The fourth-order valence-corrected chi connectivity index (χ4v) is 3.35. The number of nitrogens with one attached hydrogen (secondary N) is 1. The van der Waals surface area contributed by atoms with E-state index in [0.717, 1.165) is 32.8 Å². The van der Waals surface area contributed by atoms with Crippen LogP contribution in [-0.2, 0) is 4.74 Å². The van der Waals surface area contributed by atoms with Crippen LogP contribution in [0.1, 0.15) is 19.3 Å². The fourth-order valence-electron chi connectivity index (χ4n) is 2.40. The molecule has 0 aromatic heterocycles. The number of nitrogens with zero attached hydrogens (tertiary/aromatic N) is 1. The van der Waals surface area contributed by atoms with Gasteiger partial charge in [0.1, 0.15) is 0 Å². The number of ether oxygens (including phenoxy) is 1. The van der Waals surface area contributed by atoms with Crippen LogP contribution < -0.4 is 5.32 Å². The molecule has 0 atom stereocenters. The van der Waals surface area contributed by atoms with E-state index in [9.17, 15) is 0 Å². The van der Waals surface area contributed by atoms with E-state index in [1.54, 1.807) is 0 Å². The third kappa shape index (κ3) is 3.36. The predicted molar refractivity (Wildman–Crippen MR) is 70.2 cm³/mol. The molecule has 1 saturated heterocycles. The summed E-state index contributed by atoms with van der Waals surface area (Å²) >= 11 is 2.05. The summed E-state index contributed by atoms with van der Waals surface area (Å²) in [7, 11) is 0. The van der Waals surface area contributed by atoms with E-state index in [-0.39, 0.29) is 0 Å². The summed E-state index contributed by atoms with van der Waals surface area (Å²) < 4.78 is 5.91. The van der Waals surface area contributed by atoms with E-state index in [0.29, 0.717) is 4.75 Å². The third-order valence-electron chi connectivity index (χ3n) is 3.85. The summed E-state index contributed by atoms with van der Waals surface area (Å²) in [6.07, 6.45) is 6.48. The van der Waals surface area contributed by atoms with Gasteiger partial charge in [0.05, 0.1) is 13.2 Å². The highest BCUT2D eigenvalue weighted by atomic mass is 32.2. The molecule has 16 heavy (non-hydrogen) atoms. The first kappa shape index (κ1) is 12.7. The first-order valence-electron chi connectivity index (χ1n) is 6.41. The molecule has 2 aliphatic rings. The van der Waals surface area contributed by atoms with Crippen LogP contribution in [-0.4, -0.2) is 61.8 Å². The lowest BCUT2D eigenvalue weighted by atomic mass is 9.84. The van der Waals surface area contributed by atoms with Crippen LogP contribution in [0.5, 0.6) is 0 Å². The Balaban J connectivity index is 1.54. The Hall–Kier alpha value is 0.230. The molecule has 94 valence electrons. The first-order chi connectivity index (χ1) is 7.85. The van der Waals surface area contributed by atoms with Gasteiger partial charge in [-0.25, -0.2) is 0 Å². The molecule has 2 fully saturated rings. The van der Waals surface area contributed by atoms with Crippen LogP contribution in [0.4, 0.5) is 0 Å². The van der Waals surface area contributed by atoms with Gasteiger partial charge in [0, 0.05) is 37.5 Å². The van der Waals surface area contributed by atoms with Crippen LogP contribution >= 0.6 is 11.8 Å². The Morgan fingerprint density at radius 3 is 2.62 bits per heavy atom. The highest BCUT2D eigenvalue weighted by molar-refractivity contribution is 8.00. The van der Waals surface area contributed by atoms with Gasteiger partial charge in [-0.3, -0.25) is 4.90 Å². The van der Waals surface area contributed by atoms with Gasteiger partial charge >= 0.3 is 0 Å². The second-order valence-electron chi connectivity index (χ2n) is 4.87. The van der Waals surface area contributed by atoms with Gasteiger partial charge in [-0.2, -0.15) is 11.8 Å². The zero-order valence-corrected chi connectivity index (χ0v) is 11.2. The third-order valence-corrected chi connectivity index (χ3v) is 5.27. The Bertz CT molecular complexity index is 198. The molecule has 0 amide bonds. The quantitative estimate of drug-likeness (QED) is 0.710. The summed E-state index contributed by atoms with van der Waals surface area (Å²) in [5.41, 5.74) is 0. The molecule has 0 radical (unpaired) electrons. The first-order valence-corrected chi connectivity index (χ1v) is 7.63. The minimum Gasteiger partial charge on any atom is -0.379 e. The van der Waals surface area contributed by atoms with Crippen LogP contribution in [0.15, 0.2) is 0 Å². The number of morpholine rings is 1. The van der Waals surface area contributed by atoms with E-state index in [2.05, 4.69) is 16.5 Å². The second kappa shape index (κ2) is 6.24. The van der Waals surface area contributed by atoms with Gasteiger partial charge in [0.25, 0.3) is 0 Å². The van der Waals surface area contributed by atoms with E-state index in [1.165, 1.54) is 32.4 Å². The van der Waals surface area contributed by atoms with Crippen LogP contribution in [0.3, 0.4) is 0 Å².